The smallest absolute Gasteiger partial charge is 0.393 e. The number of nitrogens with two attached hydrogens (primary N) is 1. The Morgan fingerprint density at radius 1 is 0.961 bits per heavy atom. The Bertz CT molecular complexity index is 2580. The number of aliphatic hydroxyl groups excluding tert-OH is 4. The summed E-state index contributed by atoms with van der Waals surface area (Å²) in [6.45, 7) is 7.18. The van der Waals surface area contributed by atoms with Gasteiger partial charge in [-0.25, -0.2) is 28.6 Å². The van der Waals surface area contributed by atoms with Crippen LogP contribution in [-0.4, -0.2) is 156 Å². The highest BCUT2D eigenvalue weighted by molar-refractivity contribution is 8.13. The van der Waals surface area contributed by atoms with E-state index in [1.807, 2.05) is 0 Å². The van der Waals surface area contributed by atoms with Crippen LogP contribution >= 0.6 is 35.2 Å². The van der Waals surface area contributed by atoms with Crippen LogP contribution in [0.3, 0.4) is 0 Å². The van der Waals surface area contributed by atoms with Gasteiger partial charge in [0.1, 0.15) is 36.3 Å². The zero-order chi connectivity index (χ0) is 56.0. The summed E-state index contributed by atoms with van der Waals surface area (Å²) in [7, 11) is -16.5. The molecule has 13 N–H and O–H groups in total. The Morgan fingerprint density at radius 3 is 2.38 bits per heavy atom. The highest BCUT2D eigenvalue weighted by atomic mass is 32.2. The van der Waals surface area contributed by atoms with Crippen molar-refractivity contribution in [2.24, 2.45) is 45.8 Å². The number of hydrogen-bond donors (Lipinski definition) is 12. The van der Waals surface area contributed by atoms with Crippen LogP contribution < -0.4 is 16.4 Å². The van der Waals surface area contributed by atoms with Crippen LogP contribution in [-0.2, 0) is 50.7 Å². The third-order valence-corrected chi connectivity index (χ3v) is 21.2. The van der Waals surface area contributed by atoms with E-state index >= 15 is 0 Å². The van der Waals surface area contributed by atoms with Gasteiger partial charge in [0.2, 0.25) is 11.8 Å². The molecule has 0 radical (unpaired) electrons. The van der Waals surface area contributed by atoms with Gasteiger partial charge in [0.15, 0.2) is 22.8 Å². The fourth-order valence-electron chi connectivity index (χ4n) is 13.1. The number of phosphoric ester groups is 3. The van der Waals surface area contributed by atoms with Crippen molar-refractivity contribution in [2.45, 2.75) is 154 Å². The first-order valence-corrected chi connectivity index (χ1v) is 30.9. The van der Waals surface area contributed by atoms with E-state index in [0.29, 0.717) is 55.1 Å². The third kappa shape index (κ3) is 13.3. The van der Waals surface area contributed by atoms with Gasteiger partial charge in [-0.1, -0.05) is 46.4 Å². The number of hydrogen-bond acceptors (Lipinski definition) is 21. The second-order valence-corrected chi connectivity index (χ2v) is 27.8. The van der Waals surface area contributed by atoms with Crippen molar-refractivity contribution >= 4 is 69.1 Å². The Morgan fingerprint density at radius 2 is 1.67 bits per heavy atom. The lowest BCUT2D eigenvalue weighted by Gasteiger charge is -2.65. The summed E-state index contributed by atoms with van der Waals surface area (Å²) >= 11 is 1.13. The molecule has 3 heterocycles. The van der Waals surface area contributed by atoms with Gasteiger partial charge in [0, 0.05) is 48.9 Å². The summed E-state index contributed by atoms with van der Waals surface area (Å²) in [5, 5.41) is 60.4. The molecule has 76 heavy (non-hydrogen) atoms. The standard InChI is InChI=1S/C45H74N7O20P3S/c1-24(27-7-8-28-26-18-31(54)45(60)19-25(53)10-14-44(45,5)29(26)11-13-43(27,28)4)6-9-33(56)76-17-16-47-32(55)12-15-48-40(59)37(58)42(2,3)21-69-75(66,67)72-74(64,65)68-20-30-36(71-73(61,62)63)35(57)41(70-30)52-23-51-34-38(46)49-22-50-39(34)52/h22-31,35-37,41,53-54,57-58,60H,6-21H2,1-5H3,(H,47,55)(H,48,59)(H,64,65)(H,66,67)(H2,46,49,50)(H2,61,62,63)/t24-,25+,26+,27-,28+,29+,30-,31-,35-,36-,37+,41-,43-,44-,45+/m1/s1. The number of ether oxygens (including phenoxy) is 1. The maximum Gasteiger partial charge on any atom is 0.481 e. The molecule has 4 saturated carbocycles. The Kier molecular flexibility index (Phi) is 18.9. The minimum Gasteiger partial charge on any atom is -0.393 e. The molecule has 1 aliphatic heterocycles. The van der Waals surface area contributed by atoms with E-state index < -0.39 is 108 Å². The van der Waals surface area contributed by atoms with Gasteiger partial charge in [-0.3, -0.25) is 32.5 Å². The molecular weight excluding hydrogens is 1080 g/mol. The molecule has 31 heteroatoms. The van der Waals surface area contributed by atoms with Crippen LogP contribution in [0.2, 0.25) is 0 Å². The molecule has 2 amide bonds. The molecule has 2 aromatic rings. The molecule has 1 saturated heterocycles. The number of thioether (sulfide) groups is 1. The van der Waals surface area contributed by atoms with E-state index in [4.69, 9.17) is 19.5 Å². The lowest BCUT2D eigenvalue weighted by atomic mass is 9.42. The van der Waals surface area contributed by atoms with E-state index in [9.17, 15) is 73.2 Å². The molecule has 0 aromatic carbocycles. The summed E-state index contributed by atoms with van der Waals surface area (Å²) < 4.78 is 62.7. The van der Waals surface area contributed by atoms with Crippen molar-refractivity contribution in [2.75, 3.05) is 37.8 Å². The molecule has 17 atom stereocenters. The van der Waals surface area contributed by atoms with Gasteiger partial charge >= 0.3 is 23.5 Å². The number of rotatable bonds is 23. The minimum absolute atomic E-state index is 0.0172. The number of nitrogens with zero attached hydrogens (tertiary/aromatic N) is 4. The van der Waals surface area contributed by atoms with Crippen LogP contribution in [0, 0.1) is 45.8 Å². The fourth-order valence-corrected chi connectivity index (χ4v) is 16.7. The normalized spacial score (nSPS) is 35.0. The monoisotopic (exact) mass is 1160 g/mol. The molecule has 2 unspecified atom stereocenters. The van der Waals surface area contributed by atoms with Crippen molar-refractivity contribution in [1.82, 2.24) is 30.2 Å². The highest BCUT2D eigenvalue weighted by Crippen LogP contribution is 2.69. The topological polar surface area (TPSA) is 424 Å². The van der Waals surface area contributed by atoms with Crippen LogP contribution in [0.5, 0.6) is 0 Å². The Labute approximate surface area is 443 Å². The number of amides is 2. The number of phosphoric acid groups is 3. The molecule has 0 spiro atoms. The number of nitrogens with one attached hydrogen (secondary N) is 2. The molecular formula is C45H74N7O20P3S. The van der Waals surface area contributed by atoms with Gasteiger partial charge in [0.05, 0.1) is 37.4 Å². The molecule has 4 aliphatic carbocycles. The first-order chi connectivity index (χ1) is 35.3. The van der Waals surface area contributed by atoms with Gasteiger partial charge in [0.25, 0.3) is 0 Å². The van der Waals surface area contributed by atoms with Crippen molar-refractivity contribution < 1.29 is 95.8 Å². The zero-order valence-electron chi connectivity index (χ0n) is 43.0. The number of nitrogen functional groups attached to an aromatic ring is 1. The van der Waals surface area contributed by atoms with Crippen molar-refractivity contribution in [3.63, 3.8) is 0 Å². The van der Waals surface area contributed by atoms with Gasteiger partial charge in [-0.2, -0.15) is 4.31 Å². The quantitative estimate of drug-likeness (QED) is 0.0560. The molecule has 5 fully saturated rings. The summed E-state index contributed by atoms with van der Waals surface area (Å²) in [5.74, 6) is 0.607. The Hall–Kier alpha value is -2.56. The van der Waals surface area contributed by atoms with E-state index in [1.54, 1.807) is 0 Å². The lowest BCUT2D eigenvalue weighted by Crippen LogP contribution is -2.68. The van der Waals surface area contributed by atoms with Gasteiger partial charge < -0.3 is 66.2 Å². The van der Waals surface area contributed by atoms with E-state index in [0.717, 1.165) is 61.1 Å². The highest BCUT2D eigenvalue weighted by Gasteiger charge is 2.67. The number of imidazole rings is 1. The van der Waals surface area contributed by atoms with Crippen molar-refractivity contribution in [3.8, 4) is 0 Å². The number of aliphatic hydroxyl groups is 5. The summed E-state index contributed by atoms with van der Waals surface area (Å²) in [6, 6.07) is 0. The molecule has 2 aromatic heterocycles. The second-order valence-electron chi connectivity index (χ2n) is 22.4. The number of fused-ring (bicyclic) bond motifs is 6. The largest absolute Gasteiger partial charge is 0.481 e. The van der Waals surface area contributed by atoms with Gasteiger partial charge in [-0.05, 0) is 86.4 Å². The second kappa shape index (κ2) is 23.5. The number of carbonyl (C=O) groups is 3. The molecule has 27 nitrogen and oxygen atoms in total. The molecule has 430 valence electrons. The van der Waals surface area contributed by atoms with E-state index in [2.05, 4.69) is 55.2 Å². The average Bonchev–Trinajstić information content (AvgIpc) is 4.02. The average molecular weight is 1160 g/mol. The minimum atomic E-state index is -5.60. The van der Waals surface area contributed by atoms with Gasteiger partial charge in [-0.15, -0.1) is 0 Å². The number of anilines is 1. The predicted molar refractivity (Wildman–Crippen MR) is 270 cm³/mol. The number of carbonyl (C=O) groups excluding carboxylic acids is 3. The predicted octanol–water partition coefficient (Wildman–Crippen LogP) is 2.19. The molecule has 5 aliphatic rings. The maximum absolute atomic E-state index is 13.0. The first kappa shape index (κ1) is 61.1. The Balaban J connectivity index is 0.779. The zero-order valence-corrected chi connectivity index (χ0v) is 46.5. The third-order valence-electron chi connectivity index (χ3n) is 17.2. The lowest BCUT2D eigenvalue weighted by molar-refractivity contribution is -0.264. The van der Waals surface area contributed by atoms with Crippen molar-refractivity contribution in [3.05, 3.63) is 12.7 Å². The summed E-state index contributed by atoms with van der Waals surface area (Å²) in [5.41, 5.74) is 2.61. The van der Waals surface area contributed by atoms with Crippen molar-refractivity contribution in [1.29, 1.82) is 0 Å². The van der Waals surface area contributed by atoms with E-state index in [1.165, 1.54) is 13.8 Å². The van der Waals surface area contributed by atoms with Crippen LogP contribution in [0.4, 0.5) is 5.82 Å². The summed E-state index contributed by atoms with van der Waals surface area (Å²) in [4.78, 5) is 89.7. The van der Waals surface area contributed by atoms with Crippen LogP contribution in [0.15, 0.2) is 12.7 Å². The van der Waals surface area contributed by atoms with E-state index in [-0.39, 0.29) is 59.4 Å². The molecule has 0 bridgehead atoms. The maximum atomic E-state index is 13.0. The fraction of sp³-hybridized carbons (Fsp3) is 0.822. The molecule has 7 rings (SSSR count). The first-order valence-electron chi connectivity index (χ1n) is 25.4. The SMILES string of the molecule is C[C@H](CCC(=O)SCCNC(=O)CCNC(=O)[C@H](O)C(C)(C)COP(=O)(O)OP(=O)(O)OC[C@H]1O[C@@H](n2cnc3c(N)ncnc32)[C@H](O)[C@@H]1OP(=O)(O)O)[C@H]1CC[C@H]2[C@@H]3C[C@@H](O)[C@@]4(O)C[C@@H](O)CC[C@]4(C)[C@H]3CC[C@]12C. The van der Waals surface area contributed by atoms with Crippen LogP contribution in [0.1, 0.15) is 111 Å². The number of aromatic nitrogens is 4. The summed E-state index contributed by atoms with van der Waals surface area (Å²) in [6.07, 6.45) is -1.14. The van der Waals surface area contributed by atoms with Crippen LogP contribution in [0.25, 0.3) is 11.2 Å².